The third-order valence-electron chi connectivity index (χ3n) is 7.40. The molecule has 0 aromatic heterocycles. The molecule has 0 nitrogen and oxygen atoms in total. The van der Waals surface area contributed by atoms with Gasteiger partial charge in [-0.2, -0.15) is 13.2 Å². The summed E-state index contributed by atoms with van der Waals surface area (Å²) in [5, 5.41) is 0. The van der Waals surface area contributed by atoms with Gasteiger partial charge in [0.15, 0.2) is 0 Å². The second-order valence-corrected chi connectivity index (χ2v) is 9.65. The van der Waals surface area contributed by atoms with Crippen LogP contribution in [0.1, 0.15) is 101 Å². The Morgan fingerprint density at radius 2 is 1.35 bits per heavy atom. The van der Waals surface area contributed by atoms with Gasteiger partial charge in [-0.1, -0.05) is 38.3 Å². The van der Waals surface area contributed by atoms with Crippen molar-refractivity contribution in [2.45, 2.75) is 96.1 Å². The lowest BCUT2D eigenvalue weighted by atomic mass is 9.74. The normalized spacial score (nSPS) is 27.7. The summed E-state index contributed by atoms with van der Waals surface area (Å²) in [5.74, 6) is -0.848. The third-order valence-corrected chi connectivity index (χ3v) is 7.40. The molecule has 0 aliphatic heterocycles. The van der Waals surface area contributed by atoms with E-state index in [1.54, 1.807) is 0 Å². The molecule has 5 heteroatoms. The quantitative estimate of drug-likeness (QED) is 0.292. The van der Waals surface area contributed by atoms with E-state index in [-0.39, 0.29) is 5.92 Å². The van der Waals surface area contributed by atoms with Gasteiger partial charge in [0.2, 0.25) is 0 Å². The van der Waals surface area contributed by atoms with Gasteiger partial charge in [0, 0.05) is 0 Å². The lowest BCUT2D eigenvalue weighted by Crippen LogP contribution is -2.18. The molecule has 2 saturated carbocycles. The molecule has 0 amide bonds. The van der Waals surface area contributed by atoms with Gasteiger partial charge in [-0.15, -0.1) is 0 Å². The Kier molecular flexibility index (Phi) is 8.58. The van der Waals surface area contributed by atoms with E-state index in [1.165, 1.54) is 51.4 Å². The van der Waals surface area contributed by atoms with Crippen molar-refractivity contribution in [1.82, 2.24) is 0 Å². The first-order valence-electron chi connectivity index (χ1n) is 12.0. The molecule has 2 fully saturated rings. The maximum Gasteiger partial charge on any atom is 0.422 e. The zero-order chi connectivity index (χ0) is 22.4. The van der Waals surface area contributed by atoms with E-state index in [2.05, 4.69) is 19.1 Å². The summed E-state index contributed by atoms with van der Waals surface area (Å²) in [6, 6.07) is 1.79. The van der Waals surface area contributed by atoms with Crippen LogP contribution in [0.5, 0.6) is 0 Å². The highest BCUT2D eigenvalue weighted by molar-refractivity contribution is 5.30. The molecule has 1 aromatic rings. The minimum absolute atomic E-state index is 0.0483. The van der Waals surface area contributed by atoms with Crippen LogP contribution >= 0.6 is 0 Å². The first-order chi connectivity index (χ1) is 14.8. The maximum absolute atomic E-state index is 13.9. The molecular formula is C26H35F5. The molecule has 0 N–H and O–H groups in total. The molecule has 0 unspecified atom stereocenters. The number of alkyl halides is 3. The monoisotopic (exact) mass is 442 g/mol. The topological polar surface area (TPSA) is 0 Å². The minimum atomic E-state index is -5.00. The van der Waals surface area contributed by atoms with Gasteiger partial charge < -0.3 is 0 Å². The highest BCUT2D eigenvalue weighted by Gasteiger charge is 2.38. The van der Waals surface area contributed by atoms with Crippen LogP contribution in [0.25, 0.3) is 0 Å². The van der Waals surface area contributed by atoms with Crippen molar-refractivity contribution < 1.29 is 22.0 Å². The van der Waals surface area contributed by atoms with Crippen molar-refractivity contribution in [2.75, 3.05) is 0 Å². The maximum atomic E-state index is 13.9. The van der Waals surface area contributed by atoms with Crippen LogP contribution in [0, 0.1) is 29.4 Å². The number of hydrogen-bond acceptors (Lipinski definition) is 0. The van der Waals surface area contributed by atoms with Gasteiger partial charge in [0.25, 0.3) is 0 Å². The molecule has 0 atom stereocenters. The van der Waals surface area contributed by atoms with Crippen LogP contribution in [-0.4, -0.2) is 0 Å². The highest BCUT2D eigenvalue weighted by atomic mass is 19.4. The Balaban J connectivity index is 1.43. The molecule has 0 radical (unpaired) electrons. The van der Waals surface area contributed by atoms with Crippen LogP contribution in [-0.2, 0) is 6.18 Å². The first-order valence-corrected chi connectivity index (χ1v) is 12.0. The summed E-state index contributed by atoms with van der Waals surface area (Å²) in [6.07, 6.45) is 13.3. The van der Waals surface area contributed by atoms with Gasteiger partial charge in [0.1, 0.15) is 17.2 Å². The fourth-order valence-corrected chi connectivity index (χ4v) is 5.48. The summed E-state index contributed by atoms with van der Waals surface area (Å²) in [7, 11) is 0. The summed E-state index contributed by atoms with van der Waals surface area (Å²) < 4.78 is 66.2. The molecule has 2 aliphatic carbocycles. The fraction of sp³-hybridized carbons (Fsp3) is 0.692. The predicted molar refractivity (Wildman–Crippen MR) is 115 cm³/mol. The summed E-state index contributed by atoms with van der Waals surface area (Å²) >= 11 is 0. The van der Waals surface area contributed by atoms with E-state index in [1.807, 2.05) is 0 Å². The van der Waals surface area contributed by atoms with E-state index < -0.39 is 23.4 Å². The molecule has 31 heavy (non-hydrogen) atoms. The summed E-state index contributed by atoms with van der Waals surface area (Å²) in [4.78, 5) is 0. The third kappa shape index (κ3) is 6.79. The fourth-order valence-electron chi connectivity index (χ4n) is 5.48. The van der Waals surface area contributed by atoms with Crippen molar-refractivity contribution in [3.8, 4) is 0 Å². The number of unbranched alkanes of at least 4 members (excludes halogenated alkanes) is 1. The van der Waals surface area contributed by atoms with Gasteiger partial charge in [-0.05, 0) is 99.2 Å². The van der Waals surface area contributed by atoms with Gasteiger partial charge in [-0.3, -0.25) is 0 Å². The molecule has 174 valence electrons. The lowest BCUT2D eigenvalue weighted by Gasteiger charge is -2.31. The van der Waals surface area contributed by atoms with Crippen LogP contribution in [0.2, 0.25) is 0 Å². The summed E-state index contributed by atoms with van der Waals surface area (Å²) in [6.45, 7) is 2.20. The number of allylic oxidation sites excluding steroid dienone is 2. The second-order valence-electron chi connectivity index (χ2n) is 9.65. The predicted octanol–water partition coefficient (Wildman–Crippen LogP) is 9.20. The Labute approximate surface area is 183 Å². The number of halogens is 5. The van der Waals surface area contributed by atoms with Crippen molar-refractivity contribution in [3.05, 3.63) is 47.0 Å². The Morgan fingerprint density at radius 3 is 1.84 bits per heavy atom. The van der Waals surface area contributed by atoms with E-state index in [0.717, 1.165) is 49.7 Å². The van der Waals surface area contributed by atoms with E-state index in [4.69, 9.17) is 0 Å². The SMILES string of the molecule is CCC/C=C/C1CCC(CCC2CCC(c3cc(F)c(C(F)(F)F)c(F)c3)CC2)CC1. The molecule has 0 heterocycles. The van der Waals surface area contributed by atoms with Crippen molar-refractivity contribution in [3.63, 3.8) is 0 Å². The Morgan fingerprint density at radius 1 is 0.839 bits per heavy atom. The second kappa shape index (κ2) is 11.0. The molecule has 0 saturated heterocycles. The van der Waals surface area contributed by atoms with Crippen molar-refractivity contribution in [1.29, 1.82) is 0 Å². The zero-order valence-electron chi connectivity index (χ0n) is 18.5. The smallest absolute Gasteiger partial charge is 0.206 e. The molecule has 0 spiro atoms. The van der Waals surface area contributed by atoms with E-state index >= 15 is 0 Å². The molecule has 3 rings (SSSR count). The molecule has 1 aromatic carbocycles. The van der Waals surface area contributed by atoms with E-state index in [9.17, 15) is 22.0 Å². The number of benzene rings is 1. The highest BCUT2D eigenvalue weighted by Crippen LogP contribution is 2.42. The largest absolute Gasteiger partial charge is 0.422 e. The molecule has 0 bridgehead atoms. The number of rotatable bonds is 7. The van der Waals surface area contributed by atoms with Crippen LogP contribution in [0.3, 0.4) is 0 Å². The first kappa shape index (κ1) is 24.3. The summed E-state index contributed by atoms with van der Waals surface area (Å²) in [5.41, 5.74) is -1.41. The Hall–Kier alpha value is -1.39. The standard InChI is InChI=1S/C26H35F5/c1-2-3-4-5-18-6-8-19(9-7-18)10-11-20-12-14-21(15-13-20)22-16-23(27)25(24(28)17-22)26(29,30)31/h4-5,16-21H,2-3,6-15H2,1H3/b5-4+. The van der Waals surface area contributed by atoms with Crippen LogP contribution in [0.15, 0.2) is 24.3 Å². The van der Waals surface area contributed by atoms with Crippen molar-refractivity contribution >= 4 is 0 Å². The van der Waals surface area contributed by atoms with Crippen molar-refractivity contribution in [2.24, 2.45) is 17.8 Å². The lowest BCUT2D eigenvalue weighted by molar-refractivity contribution is -0.142. The average Bonchev–Trinajstić information content (AvgIpc) is 2.72. The molecule has 2 aliphatic rings. The average molecular weight is 443 g/mol. The number of hydrogen-bond donors (Lipinski definition) is 0. The van der Waals surface area contributed by atoms with Crippen LogP contribution in [0.4, 0.5) is 22.0 Å². The zero-order valence-corrected chi connectivity index (χ0v) is 18.5. The van der Waals surface area contributed by atoms with E-state index in [0.29, 0.717) is 11.5 Å². The van der Waals surface area contributed by atoms with Gasteiger partial charge in [0.05, 0.1) is 0 Å². The Bertz CT molecular complexity index is 697. The van der Waals surface area contributed by atoms with Crippen LogP contribution < -0.4 is 0 Å². The van der Waals surface area contributed by atoms with Gasteiger partial charge >= 0.3 is 6.18 Å². The minimum Gasteiger partial charge on any atom is -0.206 e. The van der Waals surface area contributed by atoms with Gasteiger partial charge in [-0.25, -0.2) is 8.78 Å². The molecular weight excluding hydrogens is 407 g/mol.